The number of hydrogen-bond acceptors (Lipinski definition) is 6. The molecule has 174 valence electrons. The third kappa shape index (κ3) is 4.22. The number of rotatable bonds is 7. The van der Waals surface area contributed by atoms with Gasteiger partial charge in [-0.3, -0.25) is 9.36 Å². The minimum absolute atomic E-state index is 0.0936. The number of amides is 1. The van der Waals surface area contributed by atoms with E-state index < -0.39 is 0 Å². The molecule has 1 aliphatic heterocycles. The zero-order chi connectivity index (χ0) is 23.6. The van der Waals surface area contributed by atoms with Crippen molar-refractivity contribution in [3.63, 3.8) is 0 Å². The molecule has 8 nitrogen and oxygen atoms in total. The second-order valence-electron chi connectivity index (χ2n) is 7.98. The molecule has 0 atom stereocenters. The van der Waals surface area contributed by atoms with Crippen LogP contribution in [-0.4, -0.2) is 38.2 Å². The van der Waals surface area contributed by atoms with Gasteiger partial charge >= 0.3 is 0 Å². The van der Waals surface area contributed by atoms with Crippen LogP contribution in [0.15, 0.2) is 84.1 Å². The Hall–Kier alpha value is -4.24. The number of nitrogens with one attached hydrogen (secondary N) is 2. The topological polar surface area (TPSA) is 94.1 Å². The predicted octanol–water partition coefficient (Wildman–Crippen LogP) is 4.55. The van der Waals surface area contributed by atoms with E-state index in [9.17, 15) is 4.79 Å². The van der Waals surface area contributed by atoms with E-state index in [1.807, 2.05) is 77.5 Å². The summed E-state index contributed by atoms with van der Waals surface area (Å²) >= 11 is 1.35. The molecule has 6 rings (SSSR count). The number of thioether (sulfide) groups is 1. The smallest absolute Gasteiger partial charge is 0.231 e. The molecule has 2 N–H and O–H groups in total. The quantitative estimate of drug-likeness (QED) is 0.330. The predicted molar refractivity (Wildman–Crippen MR) is 134 cm³/mol. The molecule has 0 saturated carbocycles. The zero-order valence-electron chi connectivity index (χ0n) is 18.6. The van der Waals surface area contributed by atoms with Crippen molar-refractivity contribution in [3.8, 4) is 28.6 Å². The lowest BCUT2D eigenvalue weighted by atomic mass is 10.1. The number of hydrogen-bond donors (Lipinski definition) is 2. The van der Waals surface area contributed by atoms with Gasteiger partial charge in [0.1, 0.15) is 0 Å². The summed E-state index contributed by atoms with van der Waals surface area (Å²) in [5.41, 5.74) is 3.86. The standard InChI is InChI=1S/C26H21N5O3S/c32-24(28-13-17-10-11-22-23(12-17)34-16-33-22)15-35-26-30-29-25(31(26)18-6-2-1-3-7-18)20-14-27-21-9-5-4-8-19(20)21/h1-12,14,27H,13,15-16H2,(H,28,32). The van der Waals surface area contributed by atoms with E-state index in [4.69, 9.17) is 9.47 Å². The average Bonchev–Trinajstić information content (AvgIpc) is 3.64. The Kier molecular flexibility index (Phi) is 5.59. The van der Waals surface area contributed by atoms with Crippen molar-refractivity contribution < 1.29 is 14.3 Å². The molecule has 1 aliphatic rings. The van der Waals surface area contributed by atoms with Crippen LogP contribution in [0.25, 0.3) is 28.0 Å². The fourth-order valence-corrected chi connectivity index (χ4v) is 4.82. The van der Waals surface area contributed by atoms with Gasteiger partial charge in [0.25, 0.3) is 0 Å². The molecule has 3 heterocycles. The molecule has 0 spiro atoms. The van der Waals surface area contributed by atoms with Gasteiger partial charge in [-0.2, -0.15) is 0 Å². The van der Waals surface area contributed by atoms with E-state index in [0.717, 1.165) is 39.3 Å². The number of para-hydroxylation sites is 2. The van der Waals surface area contributed by atoms with Crippen molar-refractivity contribution in [1.29, 1.82) is 0 Å². The van der Waals surface area contributed by atoms with Crippen molar-refractivity contribution in [3.05, 3.63) is 84.6 Å². The molecule has 35 heavy (non-hydrogen) atoms. The Morgan fingerprint density at radius 3 is 2.74 bits per heavy atom. The lowest BCUT2D eigenvalue weighted by molar-refractivity contribution is -0.118. The molecule has 0 saturated heterocycles. The fourth-order valence-electron chi connectivity index (χ4n) is 4.04. The van der Waals surface area contributed by atoms with Crippen molar-refractivity contribution >= 4 is 28.6 Å². The molecule has 1 amide bonds. The fraction of sp³-hybridized carbons (Fsp3) is 0.115. The van der Waals surface area contributed by atoms with Crippen molar-refractivity contribution in [2.75, 3.05) is 12.5 Å². The van der Waals surface area contributed by atoms with Crippen LogP contribution < -0.4 is 14.8 Å². The summed E-state index contributed by atoms with van der Waals surface area (Å²) in [6, 6.07) is 23.7. The highest BCUT2D eigenvalue weighted by atomic mass is 32.2. The Bertz CT molecular complexity index is 1510. The second-order valence-corrected chi connectivity index (χ2v) is 8.92. The van der Waals surface area contributed by atoms with Gasteiger partial charge in [-0.25, -0.2) is 0 Å². The maximum Gasteiger partial charge on any atom is 0.231 e. The molecular weight excluding hydrogens is 462 g/mol. The summed E-state index contributed by atoms with van der Waals surface area (Å²) in [6.45, 7) is 0.631. The average molecular weight is 484 g/mol. The van der Waals surface area contributed by atoms with Gasteiger partial charge in [0.05, 0.1) is 5.75 Å². The summed E-state index contributed by atoms with van der Waals surface area (Å²) in [4.78, 5) is 15.9. The molecule has 3 aromatic carbocycles. The summed E-state index contributed by atoms with van der Waals surface area (Å²) in [5, 5.41) is 13.6. The molecule has 0 aliphatic carbocycles. The first-order valence-corrected chi connectivity index (χ1v) is 12.1. The molecular formula is C26H21N5O3S. The number of ether oxygens (including phenoxy) is 2. The van der Waals surface area contributed by atoms with Crippen LogP contribution in [0.2, 0.25) is 0 Å². The largest absolute Gasteiger partial charge is 0.454 e. The minimum Gasteiger partial charge on any atom is -0.454 e. The number of fused-ring (bicyclic) bond motifs is 2. The second kappa shape index (κ2) is 9.19. The Labute approximate surface area is 205 Å². The minimum atomic E-state index is -0.0936. The summed E-state index contributed by atoms with van der Waals surface area (Å²) in [5.74, 6) is 2.26. The lowest BCUT2D eigenvalue weighted by Crippen LogP contribution is -2.24. The summed E-state index contributed by atoms with van der Waals surface area (Å²) in [6.07, 6.45) is 1.95. The number of H-pyrrole nitrogens is 1. The van der Waals surface area contributed by atoms with E-state index in [-0.39, 0.29) is 18.5 Å². The van der Waals surface area contributed by atoms with E-state index in [0.29, 0.717) is 17.5 Å². The normalized spacial score (nSPS) is 12.2. The highest BCUT2D eigenvalue weighted by molar-refractivity contribution is 7.99. The van der Waals surface area contributed by atoms with E-state index in [2.05, 4.69) is 26.6 Å². The highest BCUT2D eigenvalue weighted by Crippen LogP contribution is 2.33. The van der Waals surface area contributed by atoms with Gasteiger partial charge < -0.3 is 19.8 Å². The number of carbonyl (C=O) groups excluding carboxylic acids is 1. The van der Waals surface area contributed by atoms with Gasteiger partial charge in [-0.1, -0.05) is 54.2 Å². The van der Waals surface area contributed by atoms with Crippen molar-refractivity contribution in [1.82, 2.24) is 25.1 Å². The van der Waals surface area contributed by atoms with Gasteiger partial charge in [0.15, 0.2) is 22.5 Å². The highest BCUT2D eigenvalue weighted by Gasteiger charge is 2.20. The van der Waals surface area contributed by atoms with Crippen LogP contribution >= 0.6 is 11.8 Å². The van der Waals surface area contributed by atoms with E-state index in [1.165, 1.54) is 11.8 Å². The first kappa shape index (κ1) is 21.3. The molecule has 0 bridgehead atoms. The van der Waals surface area contributed by atoms with E-state index in [1.54, 1.807) is 0 Å². The van der Waals surface area contributed by atoms with Crippen molar-refractivity contribution in [2.24, 2.45) is 0 Å². The van der Waals surface area contributed by atoms with Crippen molar-refractivity contribution in [2.45, 2.75) is 11.7 Å². The molecule has 2 aromatic heterocycles. The summed E-state index contributed by atoms with van der Waals surface area (Å²) in [7, 11) is 0. The van der Waals surface area contributed by atoms with Crippen LogP contribution in [0.5, 0.6) is 11.5 Å². The number of benzene rings is 3. The van der Waals surface area contributed by atoms with E-state index >= 15 is 0 Å². The van der Waals surface area contributed by atoms with Crippen LogP contribution in [0, 0.1) is 0 Å². The van der Waals surface area contributed by atoms with Crippen LogP contribution in [-0.2, 0) is 11.3 Å². The first-order valence-electron chi connectivity index (χ1n) is 11.1. The lowest BCUT2D eigenvalue weighted by Gasteiger charge is -2.10. The number of carbonyl (C=O) groups is 1. The first-order chi connectivity index (χ1) is 17.3. The Balaban J connectivity index is 1.21. The number of aromatic amines is 1. The molecule has 9 heteroatoms. The molecule has 0 unspecified atom stereocenters. The summed E-state index contributed by atoms with van der Waals surface area (Å²) < 4.78 is 12.7. The van der Waals surface area contributed by atoms with Gasteiger partial charge in [-0.15, -0.1) is 10.2 Å². The van der Waals surface area contributed by atoms with Crippen LogP contribution in [0.3, 0.4) is 0 Å². The third-order valence-electron chi connectivity index (χ3n) is 5.74. The van der Waals surface area contributed by atoms with Gasteiger partial charge in [0.2, 0.25) is 12.7 Å². The molecule has 0 radical (unpaired) electrons. The zero-order valence-corrected chi connectivity index (χ0v) is 19.4. The van der Waals surface area contributed by atoms with Crippen LogP contribution in [0.4, 0.5) is 0 Å². The van der Waals surface area contributed by atoms with Gasteiger partial charge in [-0.05, 0) is 35.9 Å². The number of aromatic nitrogens is 4. The SMILES string of the molecule is O=C(CSc1nnc(-c2c[nH]c3ccccc23)n1-c1ccccc1)NCc1ccc2c(c1)OCO2. The Morgan fingerprint density at radius 1 is 1.00 bits per heavy atom. The van der Waals surface area contributed by atoms with Gasteiger partial charge in [0, 0.05) is 34.9 Å². The van der Waals surface area contributed by atoms with Crippen LogP contribution in [0.1, 0.15) is 5.56 Å². The maximum atomic E-state index is 12.6. The molecule has 5 aromatic rings. The third-order valence-corrected chi connectivity index (χ3v) is 6.67. The monoisotopic (exact) mass is 483 g/mol. The maximum absolute atomic E-state index is 12.6. The number of nitrogens with zero attached hydrogens (tertiary/aromatic N) is 3. The Morgan fingerprint density at radius 2 is 1.83 bits per heavy atom. The molecule has 0 fully saturated rings.